The molecule has 0 aliphatic rings. The van der Waals surface area contributed by atoms with Crippen molar-refractivity contribution < 1.29 is 9.59 Å². The number of hydrogen-bond acceptors (Lipinski definition) is 3. The molecular formula is C10H12N2O2S. The molecule has 0 atom stereocenters. The minimum absolute atomic E-state index is 0.00173. The Morgan fingerprint density at radius 1 is 1.27 bits per heavy atom. The molecule has 4 nitrogen and oxygen atoms in total. The number of carbonyl (C=O) groups excluding carboxylic acids is 2. The van der Waals surface area contributed by atoms with E-state index in [-0.39, 0.29) is 5.12 Å². The Morgan fingerprint density at radius 3 is 2.53 bits per heavy atom. The third kappa shape index (κ3) is 4.51. The Hall–Kier alpha value is -1.49. The summed E-state index contributed by atoms with van der Waals surface area (Å²) < 4.78 is 0. The van der Waals surface area contributed by atoms with Gasteiger partial charge in [0.15, 0.2) is 0 Å². The lowest BCUT2D eigenvalue weighted by atomic mass is 10.2. The minimum atomic E-state index is -0.567. The lowest BCUT2D eigenvalue weighted by Crippen LogP contribution is -2.31. The summed E-state index contributed by atoms with van der Waals surface area (Å²) in [7, 11) is 0. The number of carbonyl (C=O) groups is 2. The lowest BCUT2D eigenvalue weighted by molar-refractivity contribution is 0.108. The first-order valence-corrected chi connectivity index (χ1v) is 5.44. The van der Waals surface area contributed by atoms with E-state index >= 15 is 0 Å². The molecular weight excluding hydrogens is 212 g/mol. The Labute approximate surface area is 92.2 Å². The fourth-order valence-corrected chi connectivity index (χ4v) is 1.67. The highest BCUT2D eigenvalue weighted by Crippen LogP contribution is 2.10. The molecule has 0 aromatic heterocycles. The first-order chi connectivity index (χ1) is 7.20. The highest BCUT2D eigenvalue weighted by Gasteiger charge is 2.04. The Balaban J connectivity index is 2.28. The third-order valence-corrected chi connectivity index (χ3v) is 2.55. The summed E-state index contributed by atoms with van der Waals surface area (Å²) in [5.74, 6) is 0.524. The number of benzene rings is 1. The van der Waals surface area contributed by atoms with Gasteiger partial charge in [0.1, 0.15) is 0 Å². The number of rotatable bonds is 4. The van der Waals surface area contributed by atoms with Crippen molar-refractivity contribution in [1.29, 1.82) is 0 Å². The van der Waals surface area contributed by atoms with E-state index in [0.29, 0.717) is 17.9 Å². The van der Waals surface area contributed by atoms with Crippen LogP contribution in [0.2, 0.25) is 0 Å². The molecule has 3 N–H and O–H groups in total. The van der Waals surface area contributed by atoms with Crippen LogP contribution in [-0.4, -0.2) is 23.4 Å². The summed E-state index contributed by atoms with van der Waals surface area (Å²) in [4.78, 5) is 21.8. The maximum absolute atomic E-state index is 11.5. The SMILES string of the molecule is NC(=O)NCCSC(=O)c1ccccc1. The molecule has 5 heteroatoms. The van der Waals surface area contributed by atoms with Crippen LogP contribution in [0, 0.1) is 0 Å². The molecule has 0 saturated heterocycles. The van der Waals surface area contributed by atoms with Gasteiger partial charge in [0.05, 0.1) is 0 Å². The van der Waals surface area contributed by atoms with Gasteiger partial charge in [0, 0.05) is 17.9 Å². The number of urea groups is 1. The standard InChI is InChI=1S/C10H12N2O2S/c11-10(14)12-6-7-15-9(13)8-4-2-1-3-5-8/h1-5H,6-7H2,(H3,11,12,14). The van der Waals surface area contributed by atoms with E-state index in [4.69, 9.17) is 5.73 Å². The number of nitrogens with one attached hydrogen (secondary N) is 1. The molecule has 1 rings (SSSR count). The van der Waals surface area contributed by atoms with E-state index in [1.54, 1.807) is 12.1 Å². The molecule has 0 bridgehead atoms. The second-order valence-electron chi connectivity index (χ2n) is 2.79. The molecule has 1 aromatic rings. The zero-order valence-corrected chi connectivity index (χ0v) is 8.92. The van der Waals surface area contributed by atoms with Crippen LogP contribution in [0.5, 0.6) is 0 Å². The van der Waals surface area contributed by atoms with Crippen LogP contribution in [0.25, 0.3) is 0 Å². The van der Waals surface area contributed by atoms with Crippen LogP contribution in [0.1, 0.15) is 10.4 Å². The van der Waals surface area contributed by atoms with Gasteiger partial charge in [-0.15, -0.1) is 0 Å². The highest BCUT2D eigenvalue weighted by molar-refractivity contribution is 8.14. The van der Waals surface area contributed by atoms with E-state index in [1.807, 2.05) is 18.2 Å². The van der Waals surface area contributed by atoms with Gasteiger partial charge in [0.2, 0.25) is 5.12 Å². The molecule has 0 heterocycles. The van der Waals surface area contributed by atoms with Crippen LogP contribution in [0.3, 0.4) is 0 Å². The van der Waals surface area contributed by atoms with Crippen LogP contribution < -0.4 is 11.1 Å². The predicted octanol–water partition coefficient (Wildman–Crippen LogP) is 1.23. The van der Waals surface area contributed by atoms with E-state index in [2.05, 4.69) is 5.32 Å². The molecule has 0 radical (unpaired) electrons. The maximum atomic E-state index is 11.5. The summed E-state index contributed by atoms with van der Waals surface area (Å²) in [5, 5.41) is 2.42. The summed E-state index contributed by atoms with van der Waals surface area (Å²) in [5.41, 5.74) is 5.54. The Kier molecular flexibility index (Phi) is 4.70. The second kappa shape index (κ2) is 6.08. The van der Waals surface area contributed by atoms with Crippen LogP contribution >= 0.6 is 11.8 Å². The van der Waals surface area contributed by atoms with Gasteiger partial charge in [-0.1, -0.05) is 42.1 Å². The Bertz CT molecular complexity index is 341. The average Bonchev–Trinajstić information content (AvgIpc) is 2.25. The van der Waals surface area contributed by atoms with Crippen molar-refractivity contribution in [3.63, 3.8) is 0 Å². The predicted molar refractivity (Wildman–Crippen MR) is 60.8 cm³/mol. The molecule has 0 spiro atoms. The summed E-state index contributed by atoms with van der Waals surface area (Å²) >= 11 is 1.16. The topological polar surface area (TPSA) is 72.2 Å². The van der Waals surface area contributed by atoms with Crippen LogP contribution in [0.15, 0.2) is 30.3 Å². The van der Waals surface area contributed by atoms with E-state index in [1.165, 1.54) is 0 Å². The van der Waals surface area contributed by atoms with Crippen molar-refractivity contribution in [3.8, 4) is 0 Å². The number of nitrogens with two attached hydrogens (primary N) is 1. The fourth-order valence-electron chi connectivity index (χ4n) is 0.976. The number of primary amides is 1. The summed E-state index contributed by atoms with van der Waals surface area (Å²) in [6.07, 6.45) is 0. The van der Waals surface area contributed by atoms with E-state index < -0.39 is 6.03 Å². The van der Waals surface area contributed by atoms with E-state index in [9.17, 15) is 9.59 Å². The quantitative estimate of drug-likeness (QED) is 0.755. The van der Waals surface area contributed by atoms with Crippen LogP contribution in [0.4, 0.5) is 4.79 Å². The largest absolute Gasteiger partial charge is 0.352 e. The highest BCUT2D eigenvalue weighted by atomic mass is 32.2. The van der Waals surface area contributed by atoms with Gasteiger partial charge in [-0.25, -0.2) is 4.79 Å². The maximum Gasteiger partial charge on any atom is 0.312 e. The normalized spacial score (nSPS) is 9.60. The third-order valence-electron chi connectivity index (χ3n) is 1.64. The van der Waals surface area contributed by atoms with Gasteiger partial charge < -0.3 is 11.1 Å². The number of thioether (sulfide) groups is 1. The molecule has 2 amide bonds. The van der Waals surface area contributed by atoms with Gasteiger partial charge in [-0.3, -0.25) is 4.79 Å². The summed E-state index contributed by atoms with van der Waals surface area (Å²) in [6, 6.07) is 8.44. The van der Waals surface area contributed by atoms with Crippen molar-refractivity contribution in [3.05, 3.63) is 35.9 Å². The second-order valence-corrected chi connectivity index (χ2v) is 3.86. The van der Waals surface area contributed by atoms with Crippen molar-refractivity contribution in [2.45, 2.75) is 0 Å². The van der Waals surface area contributed by atoms with Gasteiger partial charge in [0.25, 0.3) is 0 Å². The fraction of sp³-hybridized carbons (Fsp3) is 0.200. The smallest absolute Gasteiger partial charge is 0.312 e. The molecule has 0 fully saturated rings. The Morgan fingerprint density at radius 2 is 1.93 bits per heavy atom. The molecule has 0 aliphatic carbocycles. The van der Waals surface area contributed by atoms with Crippen molar-refractivity contribution in [2.24, 2.45) is 5.73 Å². The van der Waals surface area contributed by atoms with Crippen molar-refractivity contribution in [2.75, 3.05) is 12.3 Å². The molecule has 80 valence electrons. The molecule has 0 saturated carbocycles. The van der Waals surface area contributed by atoms with Gasteiger partial charge >= 0.3 is 6.03 Å². The monoisotopic (exact) mass is 224 g/mol. The van der Waals surface area contributed by atoms with Crippen molar-refractivity contribution in [1.82, 2.24) is 5.32 Å². The zero-order chi connectivity index (χ0) is 11.1. The number of amides is 2. The molecule has 0 unspecified atom stereocenters. The molecule has 0 aliphatic heterocycles. The molecule has 15 heavy (non-hydrogen) atoms. The minimum Gasteiger partial charge on any atom is -0.352 e. The van der Waals surface area contributed by atoms with E-state index in [0.717, 1.165) is 11.8 Å². The van der Waals surface area contributed by atoms with Crippen LogP contribution in [-0.2, 0) is 0 Å². The lowest BCUT2D eigenvalue weighted by Gasteiger charge is -2.01. The average molecular weight is 224 g/mol. The zero-order valence-electron chi connectivity index (χ0n) is 8.10. The number of hydrogen-bond donors (Lipinski definition) is 2. The molecule has 1 aromatic carbocycles. The summed E-state index contributed by atoms with van der Waals surface area (Å²) in [6.45, 7) is 0.401. The first-order valence-electron chi connectivity index (χ1n) is 4.45. The van der Waals surface area contributed by atoms with Crippen molar-refractivity contribution >= 4 is 22.9 Å². The van der Waals surface area contributed by atoms with Gasteiger partial charge in [-0.05, 0) is 0 Å². The first kappa shape index (κ1) is 11.6. The van der Waals surface area contributed by atoms with Gasteiger partial charge in [-0.2, -0.15) is 0 Å².